The Kier molecular flexibility index (Phi) is 8.50. The maximum absolute atomic E-state index is 14.6. The number of hydrogen-bond acceptors (Lipinski definition) is 6. The van der Waals surface area contributed by atoms with E-state index in [0.717, 1.165) is 97.9 Å². The van der Waals surface area contributed by atoms with Crippen LogP contribution in [0.2, 0.25) is 0 Å². The fourth-order valence-corrected chi connectivity index (χ4v) is 8.41. The van der Waals surface area contributed by atoms with E-state index < -0.39 is 21.3 Å². The van der Waals surface area contributed by atoms with Crippen LogP contribution in [-0.4, -0.2) is 81.2 Å². The van der Waals surface area contributed by atoms with Crippen LogP contribution in [0.5, 0.6) is 5.75 Å². The molecule has 1 aromatic heterocycles. The molecule has 2 aromatic carbocycles. The Morgan fingerprint density at radius 2 is 1.80 bits per heavy atom. The van der Waals surface area contributed by atoms with Gasteiger partial charge >= 0.3 is 0 Å². The molecular formula is C35H46N4O5S. The molecule has 1 saturated heterocycles. The molecule has 0 radical (unpaired) electrons. The molecule has 2 unspecified atom stereocenters. The molecule has 1 saturated carbocycles. The van der Waals surface area contributed by atoms with E-state index in [2.05, 4.69) is 52.1 Å². The summed E-state index contributed by atoms with van der Waals surface area (Å²) in [6, 6.07) is 11.8. The number of carbonyl (C=O) groups excluding carboxylic acids is 2. The summed E-state index contributed by atoms with van der Waals surface area (Å²) in [7, 11) is 0.0620. The molecular weight excluding hydrogens is 588 g/mol. The Labute approximate surface area is 267 Å². The van der Waals surface area contributed by atoms with Gasteiger partial charge in [0.05, 0.1) is 24.5 Å². The van der Waals surface area contributed by atoms with Crippen LogP contribution >= 0.6 is 0 Å². The van der Waals surface area contributed by atoms with Gasteiger partial charge in [-0.2, -0.15) is 0 Å². The smallest absolute Gasteiger partial charge is 0.264 e. The Morgan fingerprint density at radius 1 is 1.04 bits per heavy atom. The van der Waals surface area contributed by atoms with Crippen molar-refractivity contribution < 1.29 is 22.7 Å². The first kappa shape index (κ1) is 31.6. The molecule has 2 fully saturated rings. The monoisotopic (exact) mass is 634 g/mol. The number of carbonyl (C=O) groups is 2. The van der Waals surface area contributed by atoms with Crippen LogP contribution in [0.3, 0.4) is 0 Å². The maximum atomic E-state index is 14.6. The molecule has 3 aliphatic rings. The van der Waals surface area contributed by atoms with E-state index in [1.54, 1.807) is 13.2 Å². The second-order valence-corrected chi connectivity index (χ2v) is 15.1. The van der Waals surface area contributed by atoms with Crippen molar-refractivity contribution in [3.05, 3.63) is 53.1 Å². The highest BCUT2D eigenvalue weighted by molar-refractivity contribution is 7.89. The lowest BCUT2D eigenvalue weighted by Crippen LogP contribution is -2.41. The first-order valence-corrected chi connectivity index (χ1v) is 18.2. The zero-order valence-electron chi connectivity index (χ0n) is 27.2. The van der Waals surface area contributed by atoms with Gasteiger partial charge in [-0.15, -0.1) is 0 Å². The van der Waals surface area contributed by atoms with E-state index in [-0.39, 0.29) is 17.4 Å². The lowest BCUT2D eigenvalue weighted by molar-refractivity contribution is -0.137. The van der Waals surface area contributed by atoms with Gasteiger partial charge < -0.3 is 19.1 Å². The van der Waals surface area contributed by atoms with Crippen LogP contribution in [-0.2, 0) is 21.4 Å². The number of methoxy groups -OCH3 is 1. The molecule has 45 heavy (non-hydrogen) atoms. The molecule has 0 spiro atoms. The Hall–Kier alpha value is -3.37. The molecule has 6 rings (SSSR count). The predicted molar refractivity (Wildman–Crippen MR) is 177 cm³/mol. The topological polar surface area (TPSA) is 101 Å². The SMILES string of the molecule is CCCC(CCC)c1c2n(c3cc(C(=O)NS(C)(=O)=O)ccc13)CC1(C(=O)N3CCCN(C)CC3)CC1c1cc(OC)ccc1-2. The summed E-state index contributed by atoms with van der Waals surface area (Å²) < 4.78 is 34.0. The predicted octanol–water partition coefficient (Wildman–Crippen LogP) is 5.34. The number of hydrogen-bond donors (Lipinski definition) is 1. The summed E-state index contributed by atoms with van der Waals surface area (Å²) >= 11 is 0. The number of nitrogens with one attached hydrogen (secondary N) is 1. The zero-order valence-corrected chi connectivity index (χ0v) is 28.0. The fraction of sp³-hybridized carbons (Fsp3) is 0.543. The lowest BCUT2D eigenvalue weighted by Gasteiger charge is -2.27. The Morgan fingerprint density at radius 3 is 2.49 bits per heavy atom. The van der Waals surface area contributed by atoms with Crippen molar-refractivity contribution in [2.45, 2.75) is 70.8 Å². The molecule has 0 bridgehead atoms. The quantitative estimate of drug-likeness (QED) is 0.341. The molecule has 3 heterocycles. The van der Waals surface area contributed by atoms with E-state index in [4.69, 9.17) is 4.74 Å². The van der Waals surface area contributed by atoms with Crippen LogP contribution in [0.4, 0.5) is 0 Å². The molecule has 9 nitrogen and oxygen atoms in total. The van der Waals surface area contributed by atoms with E-state index >= 15 is 0 Å². The number of likely N-dealkylation sites (N-methyl/N-ethyl adjacent to an activating group) is 1. The van der Waals surface area contributed by atoms with Crippen LogP contribution in [0.25, 0.3) is 22.2 Å². The van der Waals surface area contributed by atoms with E-state index in [9.17, 15) is 18.0 Å². The van der Waals surface area contributed by atoms with Gasteiger partial charge in [0.2, 0.25) is 15.9 Å². The van der Waals surface area contributed by atoms with E-state index in [1.807, 2.05) is 18.2 Å². The molecule has 242 valence electrons. The summed E-state index contributed by atoms with van der Waals surface area (Å²) in [5.41, 5.74) is 5.20. The minimum atomic E-state index is -3.73. The Balaban J connectivity index is 1.59. The number of benzene rings is 2. The molecule has 3 aromatic rings. The van der Waals surface area contributed by atoms with Crippen molar-refractivity contribution in [1.29, 1.82) is 0 Å². The Bertz CT molecular complexity index is 1740. The van der Waals surface area contributed by atoms with Gasteiger partial charge in [-0.3, -0.25) is 9.59 Å². The summed E-state index contributed by atoms with van der Waals surface area (Å²) in [6.45, 7) is 8.23. The van der Waals surface area contributed by atoms with E-state index in [1.165, 1.54) is 5.56 Å². The normalized spacial score (nSPS) is 21.5. The average Bonchev–Trinajstić information content (AvgIpc) is 3.72. The minimum Gasteiger partial charge on any atom is -0.497 e. The number of sulfonamides is 1. The van der Waals surface area contributed by atoms with Crippen molar-refractivity contribution in [3.63, 3.8) is 0 Å². The minimum absolute atomic E-state index is 0.0615. The lowest BCUT2D eigenvalue weighted by atomic mass is 9.85. The molecule has 2 amide bonds. The van der Waals surface area contributed by atoms with Gasteiger partial charge in [-0.25, -0.2) is 13.1 Å². The van der Waals surface area contributed by atoms with E-state index in [0.29, 0.717) is 19.0 Å². The van der Waals surface area contributed by atoms with Gasteiger partial charge in [0, 0.05) is 54.1 Å². The number of rotatable bonds is 9. The highest BCUT2D eigenvalue weighted by Crippen LogP contribution is 2.66. The molecule has 2 aliphatic heterocycles. The van der Waals surface area contributed by atoms with Crippen molar-refractivity contribution >= 4 is 32.7 Å². The summed E-state index contributed by atoms with van der Waals surface area (Å²) in [5, 5.41) is 1.06. The second-order valence-electron chi connectivity index (χ2n) is 13.4. The summed E-state index contributed by atoms with van der Waals surface area (Å²) in [4.78, 5) is 32.1. The van der Waals surface area contributed by atoms with Crippen LogP contribution < -0.4 is 9.46 Å². The number of ether oxygens (including phenoxy) is 1. The second kappa shape index (κ2) is 12.1. The van der Waals surface area contributed by atoms with Crippen LogP contribution in [0, 0.1) is 5.41 Å². The van der Waals surface area contributed by atoms with Crippen molar-refractivity contribution in [2.24, 2.45) is 5.41 Å². The van der Waals surface area contributed by atoms with Crippen molar-refractivity contribution in [3.8, 4) is 17.0 Å². The van der Waals surface area contributed by atoms with Gasteiger partial charge in [-0.05, 0) is 86.7 Å². The van der Waals surface area contributed by atoms with Crippen LogP contribution in [0.15, 0.2) is 36.4 Å². The van der Waals surface area contributed by atoms with Crippen LogP contribution in [0.1, 0.15) is 85.7 Å². The third kappa shape index (κ3) is 5.76. The summed E-state index contributed by atoms with van der Waals surface area (Å²) in [6.07, 6.45) is 6.82. The number of amides is 2. The molecule has 1 N–H and O–H groups in total. The summed E-state index contributed by atoms with van der Waals surface area (Å²) in [5.74, 6) is 0.691. The van der Waals surface area contributed by atoms with Gasteiger partial charge in [0.1, 0.15) is 5.75 Å². The maximum Gasteiger partial charge on any atom is 0.264 e. The number of fused-ring (bicyclic) bond motifs is 7. The van der Waals surface area contributed by atoms with Gasteiger partial charge in [0.25, 0.3) is 5.91 Å². The van der Waals surface area contributed by atoms with Crippen molar-refractivity contribution in [1.82, 2.24) is 19.1 Å². The molecule has 2 atom stereocenters. The average molecular weight is 635 g/mol. The first-order valence-electron chi connectivity index (χ1n) is 16.4. The first-order chi connectivity index (χ1) is 21.5. The number of nitrogens with zero attached hydrogens (tertiary/aromatic N) is 3. The molecule has 10 heteroatoms. The van der Waals surface area contributed by atoms with Gasteiger partial charge in [-0.1, -0.05) is 32.8 Å². The largest absolute Gasteiger partial charge is 0.497 e. The zero-order chi connectivity index (χ0) is 32.1. The highest BCUT2D eigenvalue weighted by Gasteiger charge is 2.63. The molecule has 1 aliphatic carbocycles. The standard InChI is InChI=1S/C35H46N4O5S/c1-6-9-23(10-7-2)31-27-13-11-24(33(40)36-45(5,42)43)19-30(27)39-22-35(34(41)38-16-8-15-37(3)17-18-38)21-29(35)28-20-25(44-4)12-14-26(28)32(31)39/h11-14,19-20,23,29H,6-10,15-18,21-22H2,1-5H3,(H,36,40). The highest BCUT2D eigenvalue weighted by atomic mass is 32.2. The third-order valence-corrected chi connectivity index (χ3v) is 10.7. The number of aromatic nitrogens is 1. The third-order valence-electron chi connectivity index (χ3n) is 10.2. The van der Waals surface area contributed by atoms with Gasteiger partial charge in [0.15, 0.2) is 0 Å². The van der Waals surface area contributed by atoms with Crippen molar-refractivity contribution in [2.75, 3.05) is 46.6 Å². The fourth-order valence-electron chi connectivity index (χ4n) is 7.95.